The van der Waals surface area contributed by atoms with E-state index in [1.165, 1.54) is 19.3 Å². The van der Waals surface area contributed by atoms with E-state index in [1.54, 1.807) is 0 Å². The van der Waals surface area contributed by atoms with E-state index in [0.717, 1.165) is 0 Å². The number of carbonyl (C=O) groups excluding carboxylic acids is 3. The molecule has 4 amide bonds. The molecule has 0 aromatic rings. The van der Waals surface area contributed by atoms with E-state index in [9.17, 15) is 14.4 Å². The number of urea groups is 1. The Kier molecular flexibility index (Phi) is 3.84. The first-order valence-corrected chi connectivity index (χ1v) is 4.47. The largest absolute Gasteiger partial charge is 0.328 e. The smallest absolute Gasteiger partial charge is 0.277 e. The molecule has 2 rings (SSSR count). The quantitative estimate of drug-likeness (QED) is 0.437. The summed E-state index contributed by atoms with van der Waals surface area (Å²) in [7, 11) is 0. The van der Waals surface area contributed by atoms with Gasteiger partial charge in [0.1, 0.15) is 6.42 Å². The zero-order valence-electron chi connectivity index (χ0n) is 7.71. The van der Waals surface area contributed by atoms with Crippen molar-refractivity contribution in [2.24, 2.45) is 0 Å². The number of barbiturate groups is 1. The van der Waals surface area contributed by atoms with Crippen LogP contribution in [0.2, 0.25) is 0 Å². The van der Waals surface area contributed by atoms with Crippen molar-refractivity contribution < 1.29 is 14.4 Å². The Labute approximate surface area is 81.5 Å². The highest BCUT2D eigenvalue weighted by Crippen LogP contribution is 2.05. The summed E-state index contributed by atoms with van der Waals surface area (Å²) in [4.78, 5) is 30.8. The minimum atomic E-state index is -0.740. The third-order valence-electron chi connectivity index (χ3n) is 1.74. The van der Waals surface area contributed by atoms with Crippen molar-refractivity contribution >= 4 is 17.8 Å². The molecule has 0 saturated carbocycles. The second kappa shape index (κ2) is 5.16. The maximum Gasteiger partial charge on any atom is 0.328 e. The maximum absolute atomic E-state index is 10.3. The topological polar surface area (TPSA) is 75.3 Å². The summed E-state index contributed by atoms with van der Waals surface area (Å²) in [6.07, 6.45) is 8.24. The lowest BCUT2D eigenvalue weighted by molar-refractivity contribution is -0.129. The summed E-state index contributed by atoms with van der Waals surface area (Å²) in [5.74, 6) is -1.10. The molecule has 0 atom stereocenters. The van der Waals surface area contributed by atoms with Crippen LogP contribution in [-0.4, -0.2) is 17.8 Å². The third-order valence-corrected chi connectivity index (χ3v) is 1.74. The van der Waals surface area contributed by atoms with E-state index in [4.69, 9.17) is 0 Å². The van der Waals surface area contributed by atoms with Gasteiger partial charge in [0.15, 0.2) is 0 Å². The Balaban J connectivity index is 0.000000165. The molecule has 5 heteroatoms. The highest BCUT2D eigenvalue weighted by atomic mass is 16.2. The Morgan fingerprint density at radius 1 is 0.929 bits per heavy atom. The first kappa shape index (κ1) is 10.4. The van der Waals surface area contributed by atoms with E-state index < -0.39 is 17.8 Å². The number of hydrogen-bond donors (Lipinski definition) is 2. The number of imide groups is 2. The molecule has 1 saturated heterocycles. The van der Waals surface area contributed by atoms with Gasteiger partial charge in [0.2, 0.25) is 11.8 Å². The molecular weight excluding hydrogens is 184 g/mol. The first-order valence-electron chi connectivity index (χ1n) is 4.47. The van der Waals surface area contributed by atoms with Crippen LogP contribution in [0.4, 0.5) is 4.79 Å². The second-order valence-corrected chi connectivity index (χ2v) is 3.00. The van der Waals surface area contributed by atoms with Gasteiger partial charge in [0.25, 0.3) is 0 Å². The Morgan fingerprint density at radius 2 is 1.43 bits per heavy atom. The van der Waals surface area contributed by atoms with E-state index in [-0.39, 0.29) is 6.42 Å². The maximum atomic E-state index is 10.3. The highest BCUT2D eigenvalue weighted by Gasteiger charge is 2.20. The molecule has 1 fully saturated rings. The molecule has 0 aromatic heterocycles. The summed E-state index contributed by atoms with van der Waals surface area (Å²) in [5.41, 5.74) is 0. The number of allylic oxidation sites excluding steroid dienone is 2. The van der Waals surface area contributed by atoms with Crippen LogP contribution in [0.15, 0.2) is 12.2 Å². The standard InChI is InChI=1S/C5H8.C4H4N2O3/c1-2-4-5-3-1;7-2-1-3(8)6-4(9)5-2/h1-2H,3-5H2;1H2,(H2,5,6,7,8,9). The van der Waals surface area contributed by atoms with Crippen LogP contribution in [0.5, 0.6) is 0 Å². The van der Waals surface area contributed by atoms with Gasteiger partial charge in [-0.3, -0.25) is 20.2 Å². The summed E-state index contributed by atoms with van der Waals surface area (Å²) in [6.45, 7) is 0. The van der Waals surface area contributed by atoms with Crippen molar-refractivity contribution in [3.05, 3.63) is 12.2 Å². The second-order valence-electron chi connectivity index (χ2n) is 3.00. The van der Waals surface area contributed by atoms with Gasteiger partial charge in [0.05, 0.1) is 0 Å². The Hall–Kier alpha value is -1.65. The Bertz CT molecular complexity index is 232. The SMILES string of the molecule is C1=CCCC1.O=C1CC(=O)NC(=O)N1. The van der Waals surface area contributed by atoms with Crippen molar-refractivity contribution in [3.63, 3.8) is 0 Å². The van der Waals surface area contributed by atoms with Crippen molar-refractivity contribution in [2.45, 2.75) is 25.7 Å². The zero-order valence-corrected chi connectivity index (χ0v) is 7.71. The average molecular weight is 196 g/mol. The molecule has 0 unspecified atom stereocenters. The van der Waals surface area contributed by atoms with Crippen LogP contribution in [0.3, 0.4) is 0 Å². The summed E-state index contributed by atoms with van der Waals surface area (Å²) in [6, 6.07) is -0.740. The van der Waals surface area contributed by atoms with Crippen LogP contribution in [0.25, 0.3) is 0 Å². The van der Waals surface area contributed by atoms with Crippen LogP contribution in [0.1, 0.15) is 25.7 Å². The normalized spacial score (nSPS) is 19.6. The summed E-state index contributed by atoms with van der Waals surface area (Å²) < 4.78 is 0. The number of carbonyl (C=O) groups is 3. The molecule has 0 radical (unpaired) electrons. The van der Waals surface area contributed by atoms with Gasteiger partial charge in [-0.25, -0.2) is 4.79 Å². The Morgan fingerprint density at radius 3 is 1.71 bits per heavy atom. The molecule has 2 N–H and O–H groups in total. The zero-order chi connectivity index (χ0) is 10.4. The van der Waals surface area contributed by atoms with Crippen molar-refractivity contribution in [3.8, 4) is 0 Å². The van der Waals surface area contributed by atoms with Crippen molar-refractivity contribution in [2.75, 3.05) is 0 Å². The van der Waals surface area contributed by atoms with Crippen LogP contribution in [0, 0.1) is 0 Å². The van der Waals surface area contributed by atoms with E-state index in [2.05, 4.69) is 12.2 Å². The third kappa shape index (κ3) is 3.84. The van der Waals surface area contributed by atoms with Gasteiger partial charge in [-0.1, -0.05) is 12.2 Å². The molecule has 1 heterocycles. The minimum Gasteiger partial charge on any atom is -0.277 e. The average Bonchev–Trinajstić information content (AvgIpc) is 2.56. The predicted octanol–water partition coefficient (Wildman–Crippen LogP) is 0.469. The summed E-state index contributed by atoms with van der Waals surface area (Å²) >= 11 is 0. The molecule has 0 spiro atoms. The van der Waals surface area contributed by atoms with Crippen molar-refractivity contribution in [1.29, 1.82) is 0 Å². The van der Waals surface area contributed by atoms with Gasteiger partial charge in [-0.05, 0) is 19.3 Å². The van der Waals surface area contributed by atoms with Gasteiger partial charge in [-0.15, -0.1) is 0 Å². The lowest BCUT2D eigenvalue weighted by Crippen LogP contribution is -2.49. The minimum absolute atomic E-state index is 0.258. The molecule has 5 nitrogen and oxygen atoms in total. The fourth-order valence-electron chi connectivity index (χ4n) is 1.11. The van der Waals surface area contributed by atoms with Gasteiger partial charge >= 0.3 is 6.03 Å². The number of rotatable bonds is 0. The molecule has 76 valence electrons. The molecule has 14 heavy (non-hydrogen) atoms. The van der Waals surface area contributed by atoms with E-state index in [0.29, 0.717) is 0 Å². The summed E-state index contributed by atoms with van der Waals surface area (Å²) in [5, 5.41) is 3.80. The van der Waals surface area contributed by atoms with Crippen molar-refractivity contribution in [1.82, 2.24) is 10.6 Å². The molecule has 0 aromatic carbocycles. The molecule has 2 aliphatic rings. The molecule has 0 bridgehead atoms. The van der Waals surface area contributed by atoms with E-state index >= 15 is 0 Å². The fourth-order valence-corrected chi connectivity index (χ4v) is 1.11. The first-order chi connectivity index (χ1) is 6.68. The predicted molar refractivity (Wildman–Crippen MR) is 49.3 cm³/mol. The van der Waals surface area contributed by atoms with Crippen LogP contribution >= 0.6 is 0 Å². The number of hydrogen-bond acceptors (Lipinski definition) is 3. The van der Waals surface area contributed by atoms with Crippen LogP contribution < -0.4 is 10.6 Å². The van der Waals surface area contributed by atoms with Gasteiger partial charge in [-0.2, -0.15) is 0 Å². The molecular formula is C9H12N2O3. The van der Waals surface area contributed by atoms with Crippen LogP contribution in [-0.2, 0) is 9.59 Å². The highest BCUT2D eigenvalue weighted by molar-refractivity contribution is 6.14. The van der Waals surface area contributed by atoms with Gasteiger partial charge in [0, 0.05) is 0 Å². The molecule has 1 aliphatic carbocycles. The fraction of sp³-hybridized carbons (Fsp3) is 0.444. The molecule has 1 aliphatic heterocycles. The number of nitrogens with one attached hydrogen (secondary N) is 2. The van der Waals surface area contributed by atoms with Gasteiger partial charge < -0.3 is 0 Å². The number of amides is 4. The van der Waals surface area contributed by atoms with E-state index in [1.807, 2.05) is 10.6 Å². The monoisotopic (exact) mass is 196 g/mol. The lowest BCUT2D eigenvalue weighted by Gasteiger charge is -2.09. The lowest BCUT2D eigenvalue weighted by atomic mass is 10.3.